The number of rotatable bonds is 6. The molecule has 0 aliphatic rings. The Morgan fingerprint density at radius 2 is 1.79 bits per heavy atom. The standard InChI is InChI=1S/C16H18BrNO/c1-2-9-18-12-13-5-3-7-15(10-13)19-16-8-4-6-14(17)11-16/h3-8,10-11,18H,2,9,12H2,1H3. The van der Waals surface area contributed by atoms with E-state index in [-0.39, 0.29) is 0 Å². The Morgan fingerprint density at radius 1 is 1.05 bits per heavy atom. The van der Waals surface area contributed by atoms with Crippen LogP contribution in [0.5, 0.6) is 11.5 Å². The topological polar surface area (TPSA) is 21.3 Å². The summed E-state index contributed by atoms with van der Waals surface area (Å²) in [6, 6.07) is 16.0. The summed E-state index contributed by atoms with van der Waals surface area (Å²) in [4.78, 5) is 0. The number of ether oxygens (including phenoxy) is 1. The normalized spacial score (nSPS) is 10.4. The minimum atomic E-state index is 0.841. The van der Waals surface area contributed by atoms with Crippen LogP contribution in [0.1, 0.15) is 18.9 Å². The fraction of sp³-hybridized carbons (Fsp3) is 0.250. The molecule has 0 saturated carbocycles. The van der Waals surface area contributed by atoms with Gasteiger partial charge in [-0.05, 0) is 48.9 Å². The van der Waals surface area contributed by atoms with E-state index in [4.69, 9.17) is 4.74 Å². The molecule has 0 saturated heterocycles. The Balaban J connectivity index is 2.02. The van der Waals surface area contributed by atoms with Gasteiger partial charge < -0.3 is 10.1 Å². The summed E-state index contributed by atoms with van der Waals surface area (Å²) in [6.07, 6.45) is 1.15. The van der Waals surface area contributed by atoms with Crippen LogP contribution in [0.15, 0.2) is 53.0 Å². The van der Waals surface area contributed by atoms with Crippen LogP contribution >= 0.6 is 15.9 Å². The van der Waals surface area contributed by atoms with Crippen molar-refractivity contribution < 1.29 is 4.74 Å². The highest BCUT2D eigenvalue weighted by Gasteiger charge is 1.99. The quantitative estimate of drug-likeness (QED) is 0.776. The summed E-state index contributed by atoms with van der Waals surface area (Å²) in [5, 5.41) is 3.39. The van der Waals surface area contributed by atoms with E-state index in [0.29, 0.717) is 0 Å². The third-order valence-electron chi connectivity index (χ3n) is 2.69. The molecule has 0 aromatic heterocycles. The molecule has 1 N–H and O–H groups in total. The first-order chi connectivity index (χ1) is 9.28. The van der Waals surface area contributed by atoms with Gasteiger partial charge in [0.25, 0.3) is 0 Å². The molecule has 2 aromatic rings. The molecule has 0 bridgehead atoms. The van der Waals surface area contributed by atoms with Crippen molar-refractivity contribution in [3.8, 4) is 11.5 Å². The maximum atomic E-state index is 5.85. The summed E-state index contributed by atoms with van der Waals surface area (Å²) in [6.45, 7) is 4.08. The summed E-state index contributed by atoms with van der Waals surface area (Å²) < 4.78 is 6.87. The van der Waals surface area contributed by atoms with Crippen LogP contribution in [0.4, 0.5) is 0 Å². The average molecular weight is 320 g/mol. The fourth-order valence-corrected chi connectivity index (χ4v) is 2.17. The maximum absolute atomic E-state index is 5.85. The Labute approximate surface area is 122 Å². The van der Waals surface area contributed by atoms with Gasteiger partial charge in [-0.3, -0.25) is 0 Å². The second-order valence-corrected chi connectivity index (χ2v) is 5.30. The van der Waals surface area contributed by atoms with Gasteiger partial charge in [0.2, 0.25) is 0 Å². The van der Waals surface area contributed by atoms with Crippen LogP contribution < -0.4 is 10.1 Å². The van der Waals surface area contributed by atoms with E-state index < -0.39 is 0 Å². The van der Waals surface area contributed by atoms with Crippen LogP contribution in [-0.2, 0) is 6.54 Å². The molecule has 2 nitrogen and oxygen atoms in total. The molecule has 2 rings (SSSR count). The van der Waals surface area contributed by atoms with E-state index in [1.54, 1.807) is 0 Å². The lowest BCUT2D eigenvalue weighted by Crippen LogP contribution is -2.13. The first-order valence-electron chi connectivity index (χ1n) is 6.51. The number of halogens is 1. The van der Waals surface area contributed by atoms with Gasteiger partial charge in [0.1, 0.15) is 11.5 Å². The third kappa shape index (κ3) is 4.69. The van der Waals surface area contributed by atoms with Crippen LogP contribution in [0.25, 0.3) is 0 Å². The maximum Gasteiger partial charge on any atom is 0.128 e. The molecule has 0 spiro atoms. The van der Waals surface area contributed by atoms with E-state index in [2.05, 4.69) is 40.3 Å². The number of hydrogen-bond acceptors (Lipinski definition) is 2. The lowest BCUT2D eigenvalue weighted by molar-refractivity contribution is 0.481. The van der Waals surface area contributed by atoms with Gasteiger partial charge in [0.05, 0.1) is 0 Å². The summed E-state index contributed by atoms with van der Waals surface area (Å²) in [5.74, 6) is 1.71. The Kier molecular flexibility index (Phi) is 5.43. The summed E-state index contributed by atoms with van der Waals surface area (Å²) in [5.41, 5.74) is 1.24. The molecule has 0 amide bonds. The Hall–Kier alpha value is -1.32. The molecule has 0 aliphatic carbocycles. The zero-order valence-electron chi connectivity index (χ0n) is 11.0. The van der Waals surface area contributed by atoms with Crippen molar-refractivity contribution in [2.24, 2.45) is 0 Å². The molecular weight excluding hydrogens is 302 g/mol. The minimum Gasteiger partial charge on any atom is -0.457 e. The van der Waals surface area contributed by atoms with Crippen molar-refractivity contribution in [1.29, 1.82) is 0 Å². The lowest BCUT2D eigenvalue weighted by Gasteiger charge is -2.08. The smallest absolute Gasteiger partial charge is 0.128 e. The van der Waals surface area contributed by atoms with Gasteiger partial charge in [-0.15, -0.1) is 0 Å². The highest BCUT2D eigenvalue weighted by molar-refractivity contribution is 9.10. The fourth-order valence-electron chi connectivity index (χ4n) is 1.80. The van der Waals surface area contributed by atoms with Crippen LogP contribution in [0.2, 0.25) is 0 Å². The molecule has 0 radical (unpaired) electrons. The molecule has 2 aromatic carbocycles. The largest absolute Gasteiger partial charge is 0.457 e. The van der Waals surface area contributed by atoms with E-state index in [9.17, 15) is 0 Å². The highest BCUT2D eigenvalue weighted by atomic mass is 79.9. The highest BCUT2D eigenvalue weighted by Crippen LogP contribution is 2.24. The predicted molar refractivity (Wildman–Crippen MR) is 82.7 cm³/mol. The van der Waals surface area contributed by atoms with E-state index in [1.165, 1.54) is 5.56 Å². The number of benzene rings is 2. The lowest BCUT2D eigenvalue weighted by atomic mass is 10.2. The second-order valence-electron chi connectivity index (χ2n) is 4.38. The molecule has 100 valence electrons. The summed E-state index contributed by atoms with van der Waals surface area (Å²) in [7, 11) is 0. The molecule has 0 heterocycles. The van der Waals surface area contributed by atoms with Crippen LogP contribution in [0.3, 0.4) is 0 Å². The van der Waals surface area contributed by atoms with Gasteiger partial charge in [-0.1, -0.05) is 41.1 Å². The van der Waals surface area contributed by atoms with Crippen molar-refractivity contribution in [2.45, 2.75) is 19.9 Å². The third-order valence-corrected chi connectivity index (χ3v) is 3.18. The van der Waals surface area contributed by atoms with Gasteiger partial charge in [-0.25, -0.2) is 0 Å². The zero-order valence-corrected chi connectivity index (χ0v) is 12.6. The van der Waals surface area contributed by atoms with Crippen LogP contribution in [-0.4, -0.2) is 6.54 Å². The molecule has 0 aliphatic heterocycles. The van der Waals surface area contributed by atoms with Crippen molar-refractivity contribution >= 4 is 15.9 Å². The van der Waals surface area contributed by atoms with Crippen molar-refractivity contribution in [1.82, 2.24) is 5.32 Å². The van der Waals surface area contributed by atoms with Gasteiger partial charge >= 0.3 is 0 Å². The second kappa shape index (κ2) is 7.31. The molecule has 0 atom stereocenters. The van der Waals surface area contributed by atoms with E-state index >= 15 is 0 Å². The molecule has 0 unspecified atom stereocenters. The van der Waals surface area contributed by atoms with Crippen molar-refractivity contribution in [2.75, 3.05) is 6.54 Å². The van der Waals surface area contributed by atoms with Crippen LogP contribution in [0, 0.1) is 0 Å². The van der Waals surface area contributed by atoms with E-state index in [0.717, 1.165) is 35.5 Å². The predicted octanol–water partition coefficient (Wildman–Crippen LogP) is 4.74. The average Bonchev–Trinajstić information content (AvgIpc) is 2.39. The first-order valence-corrected chi connectivity index (χ1v) is 7.30. The minimum absolute atomic E-state index is 0.841. The molecule has 3 heteroatoms. The SMILES string of the molecule is CCCNCc1cccc(Oc2cccc(Br)c2)c1. The van der Waals surface area contributed by atoms with E-state index in [1.807, 2.05) is 36.4 Å². The Morgan fingerprint density at radius 3 is 2.53 bits per heavy atom. The van der Waals surface area contributed by atoms with Crippen molar-refractivity contribution in [3.05, 3.63) is 58.6 Å². The van der Waals surface area contributed by atoms with Gasteiger partial charge in [-0.2, -0.15) is 0 Å². The molecular formula is C16H18BrNO. The number of hydrogen-bond donors (Lipinski definition) is 1. The monoisotopic (exact) mass is 319 g/mol. The molecule has 0 fully saturated rings. The van der Waals surface area contributed by atoms with Crippen molar-refractivity contribution in [3.63, 3.8) is 0 Å². The summed E-state index contributed by atoms with van der Waals surface area (Å²) >= 11 is 3.44. The zero-order chi connectivity index (χ0) is 13.5. The van der Waals surface area contributed by atoms with Gasteiger partial charge in [0, 0.05) is 11.0 Å². The Bertz CT molecular complexity index is 528. The molecule has 19 heavy (non-hydrogen) atoms. The van der Waals surface area contributed by atoms with Gasteiger partial charge in [0.15, 0.2) is 0 Å². The number of nitrogens with one attached hydrogen (secondary N) is 1. The first kappa shape index (κ1) is 14.1.